The van der Waals surface area contributed by atoms with Crippen molar-refractivity contribution in [2.45, 2.75) is 13.0 Å². The molecule has 1 unspecified atom stereocenters. The van der Waals surface area contributed by atoms with Crippen LogP contribution >= 0.6 is 0 Å². The average Bonchev–Trinajstić information content (AvgIpc) is 2.27. The molecule has 0 heterocycles. The van der Waals surface area contributed by atoms with Gasteiger partial charge in [-0.2, -0.15) is 0 Å². The maximum Gasteiger partial charge on any atom is 0.278 e. The smallest absolute Gasteiger partial charge is 0.278 e. The van der Waals surface area contributed by atoms with Gasteiger partial charge in [0.25, 0.3) is 5.69 Å². The molecule has 5 heteroatoms. The molecule has 0 aliphatic rings. The van der Waals surface area contributed by atoms with E-state index in [4.69, 9.17) is 9.47 Å². The average molecular weight is 211 g/mol. The first-order valence-corrected chi connectivity index (χ1v) is 4.45. The van der Waals surface area contributed by atoms with E-state index in [0.29, 0.717) is 11.3 Å². The summed E-state index contributed by atoms with van der Waals surface area (Å²) in [6.07, 6.45) is -0.309. The topological polar surface area (TPSA) is 61.6 Å². The fourth-order valence-electron chi connectivity index (χ4n) is 1.28. The lowest BCUT2D eigenvalue weighted by molar-refractivity contribution is -0.386. The van der Waals surface area contributed by atoms with Crippen LogP contribution in [0.1, 0.15) is 18.6 Å². The van der Waals surface area contributed by atoms with E-state index in [0.717, 1.165) is 0 Å². The van der Waals surface area contributed by atoms with Crippen LogP contribution in [-0.2, 0) is 4.74 Å². The molecule has 1 rings (SSSR count). The fourth-order valence-corrected chi connectivity index (χ4v) is 1.28. The molecule has 1 aromatic rings. The molecule has 0 aromatic heterocycles. The van der Waals surface area contributed by atoms with Crippen LogP contribution in [0.25, 0.3) is 0 Å². The molecule has 0 aliphatic carbocycles. The van der Waals surface area contributed by atoms with Gasteiger partial charge in [-0.3, -0.25) is 10.1 Å². The maximum absolute atomic E-state index is 10.8. The molecule has 0 radical (unpaired) electrons. The Morgan fingerprint density at radius 3 is 2.53 bits per heavy atom. The lowest BCUT2D eigenvalue weighted by Gasteiger charge is -2.10. The molecule has 82 valence electrons. The van der Waals surface area contributed by atoms with Crippen molar-refractivity contribution in [3.63, 3.8) is 0 Å². The third-order valence-corrected chi connectivity index (χ3v) is 2.23. The summed E-state index contributed by atoms with van der Waals surface area (Å²) in [5.74, 6) is 0.466. The Hall–Kier alpha value is -1.62. The van der Waals surface area contributed by atoms with Crippen LogP contribution in [0.2, 0.25) is 0 Å². The van der Waals surface area contributed by atoms with Crippen LogP contribution in [0, 0.1) is 10.1 Å². The van der Waals surface area contributed by atoms with Crippen molar-refractivity contribution in [3.8, 4) is 5.75 Å². The van der Waals surface area contributed by atoms with Gasteiger partial charge >= 0.3 is 0 Å². The molecule has 0 N–H and O–H groups in total. The Labute approximate surface area is 87.8 Å². The van der Waals surface area contributed by atoms with Gasteiger partial charge in [0, 0.05) is 7.11 Å². The standard InChI is InChI=1S/C10H13NO4/c1-7(14-2)9-5-4-8(15-3)6-10(9)11(12)13/h4-7H,1-3H3. The molecule has 0 saturated carbocycles. The number of nitrogens with zero attached hydrogens (tertiary/aromatic N) is 1. The summed E-state index contributed by atoms with van der Waals surface area (Å²) in [4.78, 5) is 10.4. The number of rotatable bonds is 4. The van der Waals surface area contributed by atoms with Crippen molar-refractivity contribution in [1.82, 2.24) is 0 Å². The molecule has 0 spiro atoms. The Kier molecular flexibility index (Phi) is 3.62. The molecule has 5 nitrogen and oxygen atoms in total. The summed E-state index contributed by atoms with van der Waals surface area (Å²) >= 11 is 0. The van der Waals surface area contributed by atoms with E-state index in [-0.39, 0.29) is 11.8 Å². The Morgan fingerprint density at radius 2 is 2.07 bits per heavy atom. The van der Waals surface area contributed by atoms with Gasteiger partial charge in [-0.25, -0.2) is 0 Å². The van der Waals surface area contributed by atoms with Gasteiger partial charge in [-0.1, -0.05) is 0 Å². The van der Waals surface area contributed by atoms with Crippen LogP contribution < -0.4 is 4.74 Å². The predicted octanol–water partition coefficient (Wildman–Crippen LogP) is 2.31. The second-order valence-corrected chi connectivity index (χ2v) is 3.06. The van der Waals surface area contributed by atoms with Crippen LogP contribution in [-0.4, -0.2) is 19.1 Å². The highest BCUT2D eigenvalue weighted by Gasteiger charge is 2.19. The molecule has 0 fully saturated rings. The van der Waals surface area contributed by atoms with Gasteiger partial charge in [0.2, 0.25) is 0 Å². The van der Waals surface area contributed by atoms with Gasteiger partial charge in [-0.05, 0) is 19.1 Å². The summed E-state index contributed by atoms with van der Waals surface area (Å²) in [5, 5.41) is 10.8. The van der Waals surface area contributed by atoms with Gasteiger partial charge in [0.1, 0.15) is 5.75 Å². The van der Waals surface area contributed by atoms with Crippen molar-refractivity contribution in [1.29, 1.82) is 0 Å². The zero-order valence-corrected chi connectivity index (χ0v) is 8.89. The zero-order chi connectivity index (χ0) is 11.4. The lowest BCUT2D eigenvalue weighted by Crippen LogP contribution is -2.01. The van der Waals surface area contributed by atoms with E-state index in [2.05, 4.69) is 0 Å². The van der Waals surface area contributed by atoms with Crippen molar-refractivity contribution in [3.05, 3.63) is 33.9 Å². The van der Waals surface area contributed by atoms with Gasteiger partial charge in [-0.15, -0.1) is 0 Å². The molecule has 0 aliphatic heterocycles. The molecule has 15 heavy (non-hydrogen) atoms. The summed E-state index contributed by atoms with van der Waals surface area (Å²) in [5.41, 5.74) is 0.562. The second-order valence-electron chi connectivity index (χ2n) is 3.06. The van der Waals surface area contributed by atoms with Crippen molar-refractivity contribution < 1.29 is 14.4 Å². The van der Waals surface area contributed by atoms with Gasteiger partial charge in [0.15, 0.2) is 0 Å². The number of hydrogen-bond donors (Lipinski definition) is 0. The van der Waals surface area contributed by atoms with E-state index in [1.165, 1.54) is 20.3 Å². The molecular formula is C10H13NO4. The number of ether oxygens (including phenoxy) is 2. The Bertz CT molecular complexity index is 364. The number of hydrogen-bond acceptors (Lipinski definition) is 4. The van der Waals surface area contributed by atoms with Crippen molar-refractivity contribution >= 4 is 5.69 Å². The predicted molar refractivity (Wildman–Crippen MR) is 55.1 cm³/mol. The van der Waals surface area contributed by atoms with E-state index >= 15 is 0 Å². The first kappa shape index (κ1) is 11.5. The van der Waals surface area contributed by atoms with Crippen LogP contribution in [0.3, 0.4) is 0 Å². The minimum Gasteiger partial charge on any atom is -0.497 e. The van der Waals surface area contributed by atoms with E-state index in [1.54, 1.807) is 19.1 Å². The summed E-state index contributed by atoms with van der Waals surface area (Å²) in [6.45, 7) is 1.76. The minimum absolute atomic E-state index is 0.0173. The zero-order valence-electron chi connectivity index (χ0n) is 8.89. The molecule has 0 saturated heterocycles. The Balaban J connectivity index is 3.21. The summed E-state index contributed by atoms with van der Waals surface area (Å²) in [7, 11) is 2.98. The maximum atomic E-state index is 10.8. The van der Waals surface area contributed by atoms with Crippen molar-refractivity contribution in [2.24, 2.45) is 0 Å². The van der Waals surface area contributed by atoms with Gasteiger partial charge in [0.05, 0.1) is 29.8 Å². The first-order valence-electron chi connectivity index (χ1n) is 4.45. The molecule has 1 aromatic carbocycles. The quantitative estimate of drug-likeness (QED) is 0.566. The second kappa shape index (κ2) is 4.75. The third-order valence-electron chi connectivity index (χ3n) is 2.23. The van der Waals surface area contributed by atoms with E-state index in [1.807, 2.05) is 0 Å². The van der Waals surface area contributed by atoms with Crippen LogP contribution in [0.4, 0.5) is 5.69 Å². The summed E-state index contributed by atoms with van der Waals surface area (Å²) in [6, 6.07) is 4.72. The van der Waals surface area contributed by atoms with E-state index in [9.17, 15) is 10.1 Å². The molecule has 0 amide bonds. The highest BCUT2D eigenvalue weighted by Crippen LogP contribution is 2.30. The molecule has 0 bridgehead atoms. The number of benzene rings is 1. The summed E-state index contributed by atoms with van der Waals surface area (Å²) < 4.78 is 9.98. The highest BCUT2D eigenvalue weighted by atomic mass is 16.6. The molecule has 1 atom stereocenters. The highest BCUT2D eigenvalue weighted by molar-refractivity contribution is 5.47. The number of nitro groups is 1. The molecular weight excluding hydrogens is 198 g/mol. The van der Waals surface area contributed by atoms with Crippen LogP contribution in [0.5, 0.6) is 5.75 Å². The fraction of sp³-hybridized carbons (Fsp3) is 0.400. The number of methoxy groups -OCH3 is 2. The minimum atomic E-state index is -0.437. The third kappa shape index (κ3) is 2.44. The monoisotopic (exact) mass is 211 g/mol. The largest absolute Gasteiger partial charge is 0.497 e. The van der Waals surface area contributed by atoms with Crippen molar-refractivity contribution in [2.75, 3.05) is 14.2 Å². The number of nitro benzene ring substituents is 1. The van der Waals surface area contributed by atoms with Crippen LogP contribution in [0.15, 0.2) is 18.2 Å². The van der Waals surface area contributed by atoms with E-state index < -0.39 is 4.92 Å². The SMILES string of the molecule is COc1ccc(C(C)OC)c([N+](=O)[O-])c1. The first-order chi connectivity index (χ1) is 7.10. The van der Waals surface area contributed by atoms with Gasteiger partial charge < -0.3 is 9.47 Å². The normalized spacial score (nSPS) is 12.2. The Morgan fingerprint density at radius 1 is 1.40 bits per heavy atom. The lowest BCUT2D eigenvalue weighted by atomic mass is 10.1.